The fourth-order valence-corrected chi connectivity index (χ4v) is 3.84. The summed E-state index contributed by atoms with van der Waals surface area (Å²) in [5.74, 6) is -0.300. The van der Waals surface area contributed by atoms with E-state index in [2.05, 4.69) is 9.97 Å². The van der Waals surface area contributed by atoms with Gasteiger partial charge in [-0.2, -0.15) is 0 Å². The maximum Gasteiger partial charge on any atom is 0.307 e. The molecule has 6 nitrogen and oxygen atoms in total. The number of carbonyl (C=O) groups is 1. The number of rotatable bonds is 5. The van der Waals surface area contributed by atoms with Gasteiger partial charge in [-0.3, -0.25) is 9.78 Å². The lowest BCUT2D eigenvalue weighted by Crippen LogP contribution is -2.00. The van der Waals surface area contributed by atoms with Gasteiger partial charge in [0.1, 0.15) is 11.6 Å². The van der Waals surface area contributed by atoms with Crippen molar-refractivity contribution in [3.8, 4) is 22.2 Å². The van der Waals surface area contributed by atoms with Crippen LogP contribution in [0.25, 0.3) is 20.9 Å². The van der Waals surface area contributed by atoms with Crippen LogP contribution in [0.3, 0.4) is 0 Å². The summed E-state index contributed by atoms with van der Waals surface area (Å²) in [5.41, 5.74) is 1.11. The largest absolute Gasteiger partial charge is 0.481 e. The highest BCUT2D eigenvalue weighted by Gasteiger charge is 2.15. The molecule has 1 N–H and O–H groups in total. The van der Waals surface area contributed by atoms with Crippen LogP contribution in [0.1, 0.15) is 5.56 Å². The molecule has 0 fully saturated rings. The molecule has 0 saturated carbocycles. The van der Waals surface area contributed by atoms with E-state index >= 15 is 0 Å². The van der Waals surface area contributed by atoms with Gasteiger partial charge in [-0.15, -0.1) is 11.3 Å². The third-order valence-corrected chi connectivity index (χ3v) is 5.12. The van der Waals surface area contributed by atoms with Crippen LogP contribution in [0.15, 0.2) is 48.9 Å². The lowest BCUT2D eigenvalue weighted by Gasteiger charge is -2.08. The topological polar surface area (TPSA) is 77.2 Å². The fourth-order valence-electron chi connectivity index (χ4n) is 2.74. The Hall–Kier alpha value is -3.26. The van der Waals surface area contributed by atoms with Crippen molar-refractivity contribution in [1.82, 2.24) is 14.5 Å². The first-order chi connectivity index (χ1) is 13.0. The van der Waals surface area contributed by atoms with Gasteiger partial charge in [-0.05, 0) is 23.8 Å². The maximum atomic E-state index is 14.3. The van der Waals surface area contributed by atoms with E-state index in [1.165, 1.54) is 23.5 Å². The van der Waals surface area contributed by atoms with Gasteiger partial charge >= 0.3 is 5.97 Å². The molecule has 0 amide bonds. The van der Waals surface area contributed by atoms with Crippen LogP contribution in [0, 0.1) is 5.82 Å². The Labute approximate surface area is 157 Å². The summed E-state index contributed by atoms with van der Waals surface area (Å²) in [4.78, 5) is 20.4. The number of aliphatic carboxylic acids is 1. The average molecular weight is 383 g/mol. The van der Waals surface area contributed by atoms with Crippen LogP contribution < -0.4 is 4.74 Å². The number of aryl methyl sites for hydroxylation is 1. The van der Waals surface area contributed by atoms with Gasteiger partial charge in [0.05, 0.1) is 21.5 Å². The molecule has 0 bridgehead atoms. The number of hydrogen-bond acceptors (Lipinski definition) is 5. The molecule has 27 heavy (non-hydrogen) atoms. The van der Waals surface area contributed by atoms with E-state index in [1.54, 1.807) is 24.5 Å². The van der Waals surface area contributed by atoms with Gasteiger partial charge < -0.3 is 14.4 Å². The van der Waals surface area contributed by atoms with Crippen molar-refractivity contribution in [3.05, 3.63) is 60.3 Å². The number of carboxylic acid groups (broad SMARTS) is 1. The molecular formula is C19H14FN3O3S. The number of aromatic nitrogens is 3. The number of imidazole rings is 1. The van der Waals surface area contributed by atoms with Crippen molar-refractivity contribution < 1.29 is 19.0 Å². The SMILES string of the molecule is Cn1ccnc1-c1cc2nccc(Oc3ccc(CC(=O)O)cc3F)c2s1. The molecule has 0 radical (unpaired) electrons. The first-order valence-corrected chi connectivity index (χ1v) is 8.87. The molecule has 0 aliphatic heterocycles. The van der Waals surface area contributed by atoms with Crippen LogP contribution in [0.5, 0.6) is 11.5 Å². The molecule has 8 heteroatoms. The first kappa shape index (κ1) is 17.2. The number of hydrogen-bond donors (Lipinski definition) is 1. The average Bonchev–Trinajstić information content (AvgIpc) is 3.23. The Bertz CT molecular complexity index is 1150. The van der Waals surface area contributed by atoms with Gasteiger partial charge in [0.25, 0.3) is 0 Å². The van der Waals surface area contributed by atoms with E-state index in [1.807, 2.05) is 23.9 Å². The van der Waals surface area contributed by atoms with Crippen molar-refractivity contribution >= 4 is 27.5 Å². The lowest BCUT2D eigenvalue weighted by atomic mass is 10.1. The second-order valence-electron chi connectivity index (χ2n) is 5.93. The van der Waals surface area contributed by atoms with Crippen molar-refractivity contribution in [2.24, 2.45) is 7.05 Å². The monoisotopic (exact) mass is 383 g/mol. The standard InChI is InChI=1S/C19H14FN3O3S/c1-23-7-6-22-19(23)16-10-13-18(27-16)15(4-5-21-13)26-14-3-2-11(8-12(14)20)9-17(24)25/h2-8,10H,9H2,1H3,(H,24,25). The second kappa shape index (κ2) is 6.81. The maximum absolute atomic E-state index is 14.3. The third-order valence-electron chi connectivity index (χ3n) is 3.99. The summed E-state index contributed by atoms with van der Waals surface area (Å²) in [7, 11) is 1.91. The Morgan fingerprint density at radius 1 is 1.22 bits per heavy atom. The van der Waals surface area contributed by atoms with Gasteiger partial charge in [0, 0.05) is 31.7 Å². The van der Waals surface area contributed by atoms with Crippen LogP contribution in [-0.2, 0) is 18.3 Å². The van der Waals surface area contributed by atoms with Crippen LogP contribution in [0.4, 0.5) is 4.39 Å². The van der Waals surface area contributed by atoms with Crippen molar-refractivity contribution in [3.63, 3.8) is 0 Å². The predicted molar refractivity (Wildman–Crippen MR) is 99.6 cm³/mol. The number of pyridine rings is 1. The van der Waals surface area contributed by atoms with E-state index in [9.17, 15) is 9.18 Å². The number of fused-ring (bicyclic) bond motifs is 1. The van der Waals surface area contributed by atoms with E-state index < -0.39 is 11.8 Å². The van der Waals surface area contributed by atoms with Crippen LogP contribution in [-0.4, -0.2) is 25.6 Å². The van der Waals surface area contributed by atoms with E-state index in [-0.39, 0.29) is 12.2 Å². The van der Waals surface area contributed by atoms with E-state index in [0.29, 0.717) is 11.3 Å². The minimum absolute atomic E-state index is 0.0311. The Morgan fingerprint density at radius 2 is 2.07 bits per heavy atom. The third kappa shape index (κ3) is 3.39. The Kier molecular flexibility index (Phi) is 4.33. The molecular weight excluding hydrogens is 369 g/mol. The highest BCUT2D eigenvalue weighted by Crippen LogP contribution is 2.39. The molecule has 4 aromatic rings. The van der Waals surface area contributed by atoms with Crippen molar-refractivity contribution in [2.45, 2.75) is 6.42 Å². The molecule has 0 aliphatic carbocycles. The molecule has 136 valence electrons. The van der Waals surface area contributed by atoms with E-state index in [4.69, 9.17) is 9.84 Å². The summed E-state index contributed by atoms with van der Waals surface area (Å²) in [6.07, 6.45) is 4.94. The highest BCUT2D eigenvalue weighted by atomic mass is 32.1. The molecule has 3 heterocycles. The number of carboxylic acids is 1. The molecule has 0 unspecified atom stereocenters. The van der Waals surface area contributed by atoms with Crippen LogP contribution >= 0.6 is 11.3 Å². The predicted octanol–water partition coefficient (Wildman–Crippen LogP) is 4.26. The second-order valence-corrected chi connectivity index (χ2v) is 6.99. The quantitative estimate of drug-likeness (QED) is 0.557. The van der Waals surface area contributed by atoms with Crippen molar-refractivity contribution in [1.29, 1.82) is 0 Å². The van der Waals surface area contributed by atoms with Gasteiger partial charge in [-0.1, -0.05) is 6.07 Å². The normalized spacial score (nSPS) is 11.0. The summed E-state index contributed by atoms with van der Waals surface area (Å²) < 4.78 is 22.8. The summed E-state index contributed by atoms with van der Waals surface area (Å²) in [5, 5.41) is 8.81. The molecule has 4 rings (SSSR count). The zero-order chi connectivity index (χ0) is 19.0. The molecule has 1 aromatic carbocycles. The molecule has 0 spiro atoms. The zero-order valence-electron chi connectivity index (χ0n) is 14.2. The van der Waals surface area contributed by atoms with Gasteiger partial charge in [0.15, 0.2) is 11.6 Å². The number of nitrogens with zero attached hydrogens (tertiary/aromatic N) is 3. The summed E-state index contributed by atoms with van der Waals surface area (Å²) in [6, 6.07) is 7.74. The highest BCUT2D eigenvalue weighted by molar-refractivity contribution is 7.22. The number of thiophene rings is 1. The zero-order valence-corrected chi connectivity index (χ0v) is 15.0. The van der Waals surface area contributed by atoms with Crippen LogP contribution in [0.2, 0.25) is 0 Å². The van der Waals surface area contributed by atoms with Crippen molar-refractivity contribution in [2.75, 3.05) is 0 Å². The van der Waals surface area contributed by atoms with Gasteiger partial charge in [0.2, 0.25) is 0 Å². The minimum atomic E-state index is -1.01. The first-order valence-electron chi connectivity index (χ1n) is 8.05. The minimum Gasteiger partial charge on any atom is -0.481 e. The summed E-state index contributed by atoms with van der Waals surface area (Å²) in [6.45, 7) is 0. The molecule has 0 saturated heterocycles. The number of benzene rings is 1. The Balaban J connectivity index is 1.69. The fraction of sp³-hybridized carbons (Fsp3) is 0.105. The van der Waals surface area contributed by atoms with E-state index in [0.717, 1.165) is 20.9 Å². The molecule has 0 atom stereocenters. The molecule has 3 aromatic heterocycles. The number of ether oxygens (including phenoxy) is 1. The smallest absolute Gasteiger partial charge is 0.307 e. The van der Waals surface area contributed by atoms with Gasteiger partial charge in [-0.25, -0.2) is 9.37 Å². The Morgan fingerprint density at radius 3 is 2.78 bits per heavy atom. The number of halogens is 1. The summed E-state index contributed by atoms with van der Waals surface area (Å²) >= 11 is 1.46. The molecule has 0 aliphatic rings. The lowest BCUT2D eigenvalue weighted by molar-refractivity contribution is -0.136.